The van der Waals surface area contributed by atoms with Crippen LogP contribution in [-0.4, -0.2) is 46.1 Å². The molecule has 1 aliphatic rings. The van der Waals surface area contributed by atoms with E-state index < -0.39 is 39.6 Å². The third-order valence-corrected chi connectivity index (χ3v) is 7.92. The minimum atomic E-state index is -5.02. The number of hydrogen-bond donors (Lipinski definition) is 0. The molecular formula is C18H15N2NaO7S3. The Morgan fingerprint density at radius 2 is 1.90 bits per heavy atom. The molecule has 1 saturated heterocycles. The van der Waals surface area contributed by atoms with E-state index in [-0.39, 0.29) is 45.4 Å². The fourth-order valence-corrected chi connectivity index (χ4v) is 5.30. The van der Waals surface area contributed by atoms with E-state index in [0.717, 1.165) is 10.6 Å². The fraction of sp³-hybridized carbons (Fsp3) is 0.222. The zero-order valence-electron chi connectivity index (χ0n) is 16.5. The summed E-state index contributed by atoms with van der Waals surface area (Å²) in [5, 5.41) is -1.09. The summed E-state index contributed by atoms with van der Waals surface area (Å²) in [7, 11) is -1.93. The minimum absolute atomic E-state index is 0. The Kier molecular flexibility index (Phi) is 9.13. The average molecular weight is 491 g/mol. The Labute approximate surface area is 208 Å². The van der Waals surface area contributed by atoms with Gasteiger partial charge in [0.25, 0.3) is 11.8 Å². The van der Waals surface area contributed by atoms with Gasteiger partial charge in [0, 0.05) is 11.4 Å². The van der Waals surface area contributed by atoms with E-state index in [9.17, 15) is 27.4 Å². The van der Waals surface area contributed by atoms with E-state index in [1.165, 1.54) is 22.9 Å². The van der Waals surface area contributed by atoms with Crippen LogP contribution in [0.1, 0.15) is 34.5 Å². The first-order valence-corrected chi connectivity index (χ1v) is 12.2. The number of amides is 2. The van der Waals surface area contributed by atoms with Gasteiger partial charge in [-0.25, -0.2) is 18.2 Å². The number of pyridine rings is 1. The quantitative estimate of drug-likeness (QED) is 0.213. The van der Waals surface area contributed by atoms with Gasteiger partial charge in [0.05, 0.1) is 12.0 Å². The molecule has 31 heavy (non-hydrogen) atoms. The van der Waals surface area contributed by atoms with Gasteiger partial charge in [0.2, 0.25) is 0 Å². The maximum absolute atomic E-state index is 12.2. The Morgan fingerprint density at radius 3 is 2.45 bits per heavy atom. The van der Waals surface area contributed by atoms with Crippen molar-refractivity contribution in [1.29, 1.82) is 0 Å². The zero-order valence-corrected chi connectivity index (χ0v) is 20.9. The Balaban J connectivity index is 0.00000341. The van der Waals surface area contributed by atoms with Gasteiger partial charge in [-0.05, 0) is 47.5 Å². The van der Waals surface area contributed by atoms with Crippen LogP contribution in [0.15, 0.2) is 53.7 Å². The van der Waals surface area contributed by atoms with Crippen molar-refractivity contribution in [3.63, 3.8) is 0 Å². The number of rotatable bonds is 7. The average Bonchev–Trinajstić information content (AvgIpc) is 3.01. The summed E-state index contributed by atoms with van der Waals surface area (Å²) in [6, 6.07) is 12.0. The Bertz CT molecular complexity index is 1070. The van der Waals surface area contributed by atoms with E-state index in [1.807, 2.05) is 25.1 Å². The topological polar surface area (TPSA) is 134 Å². The first-order chi connectivity index (χ1) is 14.2. The van der Waals surface area contributed by atoms with Crippen LogP contribution in [0.4, 0.5) is 0 Å². The molecule has 158 valence electrons. The largest absolute Gasteiger partial charge is 1.00 e. The van der Waals surface area contributed by atoms with Crippen LogP contribution in [0.25, 0.3) is 0 Å². The number of carbonyl (C=O) groups excluding carboxylic acids is 3. The molecule has 2 atom stereocenters. The molecule has 1 aliphatic heterocycles. The fourth-order valence-electron chi connectivity index (χ4n) is 2.50. The zero-order chi connectivity index (χ0) is 21.9. The molecule has 1 aromatic carbocycles. The van der Waals surface area contributed by atoms with E-state index in [4.69, 9.17) is 4.84 Å². The summed E-state index contributed by atoms with van der Waals surface area (Å²) < 4.78 is 33.1. The van der Waals surface area contributed by atoms with Gasteiger partial charge in [-0.15, -0.1) is 5.06 Å². The van der Waals surface area contributed by atoms with Crippen molar-refractivity contribution in [2.45, 2.75) is 28.9 Å². The van der Waals surface area contributed by atoms with E-state index in [0.29, 0.717) is 0 Å². The predicted molar refractivity (Wildman–Crippen MR) is 108 cm³/mol. The first-order valence-electron chi connectivity index (χ1n) is 8.55. The SMILES string of the molecule is CC(SSc1ccccn1)c1ccc(C(=O)ON2C(=O)CC(S(=O)(=O)[O-])C2=O)cc1.[Na+]. The molecule has 0 radical (unpaired) electrons. The van der Waals surface area contributed by atoms with Gasteiger partial charge in [-0.3, -0.25) is 9.59 Å². The third kappa shape index (κ3) is 6.54. The normalized spacial score (nSPS) is 17.2. The maximum Gasteiger partial charge on any atom is 1.00 e. The molecule has 0 saturated carbocycles. The summed E-state index contributed by atoms with van der Waals surface area (Å²) in [4.78, 5) is 44.8. The number of imide groups is 1. The van der Waals surface area contributed by atoms with Gasteiger partial charge in [-0.2, -0.15) is 0 Å². The standard InChI is InChI=1S/C18H16N2O7S3.Na/c1-11(28-29-15-4-2-3-9-19-15)12-5-7-13(8-6-12)18(23)27-20-16(21)10-14(17(20)22)30(24,25)26;/h2-9,11,14H,10H2,1H3,(H,24,25,26);/q;+1/p-1. The third-order valence-electron chi connectivity index (χ3n) is 4.12. The molecule has 2 heterocycles. The number of hydrogen-bond acceptors (Lipinski definition) is 10. The predicted octanol–water partition coefficient (Wildman–Crippen LogP) is -0.668. The van der Waals surface area contributed by atoms with Crippen LogP contribution in [0.3, 0.4) is 0 Å². The van der Waals surface area contributed by atoms with Gasteiger partial charge in [0.1, 0.15) is 20.4 Å². The summed E-state index contributed by atoms with van der Waals surface area (Å²) in [6.07, 6.45) is 0.859. The molecule has 3 rings (SSSR count). The Hall–Kier alpha value is -1.41. The number of carbonyl (C=O) groups is 3. The van der Waals surface area contributed by atoms with Crippen molar-refractivity contribution in [2.24, 2.45) is 0 Å². The van der Waals surface area contributed by atoms with Crippen molar-refractivity contribution >= 4 is 49.5 Å². The summed E-state index contributed by atoms with van der Waals surface area (Å²) in [6.45, 7) is 1.99. The second-order valence-corrected chi connectivity index (χ2v) is 10.3. The molecule has 0 bridgehead atoms. The summed E-state index contributed by atoms with van der Waals surface area (Å²) in [5.41, 5.74) is 0.980. The second kappa shape index (κ2) is 10.9. The Morgan fingerprint density at radius 1 is 1.23 bits per heavy atom. The molecule has 13 heteroatoms. The number of hydroxylamine groups is 2. The molecule has 0 aliphatic carbocycles. The monoisotopic (exact) mass is 490 g/mol. The van der Waals surface area contributed by atoms with Crippen molar-refractivity contribution < 1.29 is 61.7 Å². The molecule has 1 aromatic heterocycles. The van der Waals surface area contributed by atoms with Crippen LogP contribution in [0, 0.1) is 0 Å². The molecular weight excluding hydrogens is 475 g/mol. The smallest absolute Gasteiger partial charge is 0.747 e. The van der Waals surface area contributed by atoms with Crippen molar-refractivity contribution in [2.75, 3.05) is 0 Å². The van der Waals surface area contributed by atoms with Crippen molar-refractivity contribution in [1.82, 2.24) is 10.0 Å². The molecule has 2 unspecified atom stereocenters. The number of aromatic nitrogens is 1. The number of nitrogens with zero attached hydrogens (tertiary/aromatic N) is 2. The maximum atomic E-state index is 12.2. The van der Waals surface area contributed by atoms with Crippen LogP contribution < -0.4 is 29.6 Å². The van der Waals surface area contributed by atoms with Crippen molar-refractivity contribution in [3.8, 4) is 0 Å². The molecule has 2 amide bonds. The number of benzene rings is 1. The van der Waals surface area contributed by atoms with E-state index in [1.54, 1.807) is 29.1 Å². The summed E-state index contributed by atoms with van der Waals surface area (Å²) in [5.74, 6) is -3.45. The van der Waals surface area contributed by atoms with Gasteiger partial charge in [0.15, 0.2) is 0 Å². The molecule has 9 nitrogen and oxygen atoms in total. The molecule has 1 fully saturated rings. The van der Waals surface area contributed by atoms with Gasteiger partial charge in [-0.1, -0.05) is 29.0 Å². The summed E-state index contributed by atoms with van der Waals surface area (Å²) >= 11 is 0. The first kappa shape index (κ1) is 25.8. The van der Waals surface area contributed by atoms with Crippen LogP contribution in [-0.2, 0) is 24.5 Å². The minimum Gasteiger partial charge on any atom is -0.747 e. The molecule has 2 aromatic rings. The van der Waals surface area contributed by atoms with Crippen LogP contribution >= 0.6 is 21.6 Å². The molecule has 0 spiro atoms. The van der Waals surface area contributed by atoms with Gasteiger partial charge < -0.3 is 9.39 Å². The van der Waals surface area contributed by atoms with Crippen molar-refractivity contribution in [3.05, 3.63) is 59.8 Å². The second-order valence-electron chi connectivity index (χ2n) is 6.20. The van der Waals surface area contributed by atoms with E-state index in [2.05, 4.69) is 4.98 Å². The molecule has 0 N–H and O–H groups in total. The van der Waals surface area contributed by atoms with Gasteiger partial charge >= 0.3 is 35.5 Å². The van der Waals surface area contributed by atoms with Crippen LogP contribution in [0.2, 0.25) is 0 Å². The van der Waals surface area contributed by atoms with Crippen LogP contribution in [0.5, 0.6) is 0 Å². The van der Waals surface area contributed by atoms with E-state index >= 15 is 0 Å².